The van der Waals surface area contributed by atoms with Gasteiger partial charge in [-0.15, -0.1) is 0 Å². The molecule has 0 saturated carbocycles. The van der Waals surface area contributed by atoms with Gasteiger partial charge in [0, 0.05) is 24.2 Å². The van der Waals surface area contributed by atoms with Crippen LogP contribution in [0.25, 0.3) is 0 Å². The SMILES string of the molecule is Cc1ccc2c(c1)C1CNCCCC1N2. The van der Waals surface area contributed by atoms with Gasteiger partial charge >= 0.3 is 0 Å². The van der Waals surface area contributed by atoms with Crippen LogP contribution in [-0.2, 0) is 0 Å². The van der Waals surface area contributed by atoms with E-state index in [1.807, 2.05) is 0 Å². The molecule has 1 saturated heterocycles. The molecule has 1 aromatic carbocycles. The minimum atomic E-state index is 0.664. The molecule has 2 aliphatic heterocycles. The molecule has 3 rings (SSSR count). The van der Waals surface area contributed by atoms with Gasteiger partial charge in [0.15, 0.2) is 0 Å². The fourth-order valence-corrected chi connectivity index (χ4v) is 2.87. The maximum Gasteiger partial charge on any atom is 0.0379 e. The Morgan fingerprint density at radius 2 is 2.27 bits per heavy atom. The Kier molecular flexibility index (Phi) is 2.17. The van der Waals surface area contributed by atoms with Crippen LogP contribution in [0.15, 0.2) is 18.2 Å². The van der Waals surface area contributed by atoms with E-state index in [1.54, 1.807) is 0 Å². The zero-order valence-corrected chi connectivity index (χ0v) is 9.22. The van der Waals surface area contributed by atoms with Gasteiger partial charge in [-0.05, 0) is 37.9 Å². The minimum Gasteiger partial charge on any atom is -0.381 e. The summed E-state index contributed by atoms with van der Waals surface area (Å²) < 4.78 is 0. The third-order valence-electron chi connectivity index (χ3n) is 3.67. The van der Waals surface area contributed by atoms with Crippen molar-refractivity contribution >= 4 is 5.69 Å². The molecule has 1 fully saturated rings. The molecule has 2 N–H and O–H groups in total. The highest BCUT2D eigenvalue weighted by Crippen LogP contribution is 2.38. The summed E-state index contributed by atoms with van der Waals surface area (Å²) in [5.41, 5.74) is 4.26. The van der Waals surface area contributed by atoms with Crippen LogP contribution < -0.4 is 10.6 Å². The first kappa shape index (κ1) is 9.22. The zero-order valence-electron chi connectivity index (χ0n) is 9.22. The van der Waals surface area contributed by atoms with Crippen molar-refractivity contribution in [2.75, 3.05) is 18.4 Å². The summed E-state index contributed by atoms with van der Waals surface area (Å²) in [4.78, 5) is 0. The average Bonchev–Trinajstić information content (AvgIpc) is 2.44. The lowest BCUT2D eigenvalue weighted by atomic mass is 9.93. The summed E-state index contributed by atoms with van der Waals surface area (Å²) in [6.45, 7) is 4.49. The molecule has 0 radical (unpaired) electrons. The number of nitrogens with one attached hydrogen (secondary N) is 2. The maximum atomic E-state index is 3.66. The van der Waals surface area contributed by atoms with Crippen LogP contribution >= 0.6 is 0 Å². The lowest BCUT2D eigenvalue weighted by molar-refractivity contribution is 0.580. The summed E-state index contributed by atoms with van der Waals surface area (Å²) in [7, 11) is 0. The number of aryl methyl sites for hydroxylation is 1. The van der Waals surface area contributed by atoms with Crippen molar-refractivity contribution in [2.24, 2.45) is 0 Å². The van der Waals surface area contributed by atoms with Gasteiger partial charge < -0.3 is 10.6 Å². The first-order valence-electron chi connectivity index (χ1n) is 5.92. The molecule has 80 valence electrons. The molecule has 1 aromatic rings. The molecule has 2 atom stereocenters. The van der Waals surface area contributed by atoms with Crippen LogP contribution in [0.4, 0.5) is 5.69 Å². The van der Waals surface area contributed by atoms with Crippen LogP contribution in [0.2, 0.25) is 0 Å². The lowest BCUT2D eigenvalue weighted by Crippen LogP contribution is -2.25. The first-order chi connectivity index (χ1) is 7.34. The average molecular weight is 202 g/mol. The van der Waals surface area contributed by atoms with Gasteiger partial charge in [0.1, 0.15) is 0 Å². The van der Waals surface area contributed by atoms with E-state index in [0.29, 0.717) is 12.0 Å². The monoisotopic (exact) mass is 202 g/mol. The Hall–Kier alpha value is -1.02. The fraction of sp³-hybridized carbons (Fsp3) is 0.538. The van der Waals surface area contributed by atoms with Gasteiger partial charge in [-0.3, -0.25) is 0 Å². The standard InChI is InChI=1S/C13H18N2/c1-9-4-5-13-10(7-9)11-8-14-6-2-3-12(11)15-13/h4-5,7,11-12,14-15H,2-3,6,8H2,1H3. The minimum absolute atomic E-state index is 0.664. The quantitative estimate of drug-likeness (QED) is 0.674. The largest absolute Gasteiger partial charge is 0.381 e. The van der Waals surface area contributed by atoms with E-state index in [-0.39, 0.29) is 0 Å². The molecular formula is C13H18N2. The van der Waals surface area contributed by atoms with Crippen LogP contribution in [0.5, 0.6) is 0 Å². The van der Waals surface area contributed by atoms with Crippen molar-refractivity contribution in [2.45, 2.75) is 31.7 Å². The van der Waals surface area contributed by atoms with Crippen LogP contribution in [0, 0.1) is 6.92 Å². The molecule has 2 heteroatoms. The first-order valence-corrected chi connectivity index (χ1v) is 5.92. The second-order valence-corrected chi connectivity index (χ2v) is 4.79. The summed E-state index contributed by atoms with van der Waals surface area (Å²) in [6.07, 6.45) is 2.59. The topological polar surface area (TPSA) is 24.1 Å². The van der Waals surface area contributed by atoms with E-state index < -0.39 is 0 Å². The third kappa shape index (κ3) is 1.53. The van der Waals surface area contributed by atoms with Crippen molar-refractivity contribution in [3.8, 4) is 0 Å². The number of hydrogen-bond acceptors (Lipinski definition) is 2. The lowest BCUT2D eigenvalue weighted by Gasteiger charge is -2.16. The van der Waals surface area contributed by atoms with E-state index in [0.717, 1.165) is 6.54 Å². The summed E-state index contributed by atoms with van der Waals surface area (Å²) >= 11 is 0. The van der Waals surface area contributed by atoms with Crippen molar-refractivity contribution < 1.29 is 0 Å². The molecule has 0 amide bonds. The molecular weight excluding hydrogens is 184 g/mol. The van der Waals surface area contributed by atoms with Crippen molar-refractivity contribution in [1.29, 1.82) is 0 Å². The van der Waals surface area contributed by atoms with Crippen molar-refractivity contribution in [3.05, 3.63) is 29.3 Å². The molecule has 2 aliphatic rings. The second-order valence-electron chi connectivity index (χ2n) is 4.79. The highest BCUT2D eigenvalue weighted by Gasteiger charge is 2.32. The zero-order chi connectivity index (χ0) is 10.3. The normalized spacial score (nSPS) is 28.9. The van der Waals surface area contributed by atoms with E-state index >= 15 is 0 Å². The molecule has 0 aliphatic carbocycles. The molecule has 15 heavy (non-hydrogen) atoms. The maximum absolute atomic E-state index is 3.66. The Bertz CT molecular complexity index is 373. The molecule has 2 heterocycles. The van der Waals surface area contributed by atoms with E-state index in [4.69, 9.17) is 0 Å². The van der Waals surface area contributed by atoms with Gasteiger partial charge in [-0.25, -0.2) is 0 Å². The van der Waals surface area contributed by atoms with Gasteiger partial charge in [0.2, 0.25) is 0 Å². The Morgan fingerprint density at radius 3 is 3.20 bits per heavy atom. The summed E-state index contributed by atoms with van der Waals surface area (Å²) in [6, 6.07) is 7.45. The predicted molar refractivity (Wildman–Crippen MR) is 63.4 cm³/mol. The van der Waals surface area contributed by atoms with Crippen molar-refractivity contribution in [1.82, 2.24) is 5.32 Å². The fourth-order valence-electron chi connectivity index (χ4n) is 2.87. The summed E-state index contributed by atoms with van der Waals surface area (Å²) in [5, 5.41) is 7.20. The highest BCUT2D eigenvalue weighted by atomic mass is 15.0. The number of fused-ring (bicyclic) bond motifs is 3. The number of rotatable bonds is 0. The van der Waals surface area contributed by atoms with E-state index in [9.17, 15) is 0 Å². The van der Waals surface area contributed by atoms with E-state index in [2.05, 4.69) is 35.8 Å². The third-order valence-corrected chi connectivity index (χ3v) is 3.67. The molecule has 0 aromatic heterocycles. The number of anilines is 1. The highest BCUT2D eigenvalue weighted by molar-refractivity contribution is 5.60. The number of benzene rings is 1. The Balaban J connectivity index is 1.98. The number of hydrogen-bond donors (Lipinski definition) is 2. The molecule has 0 spiro atoms. The van der Waals surface area contributed by atoms with Gasteiger partial charge in [0.25, 0.3) is 0 Å². The van der Waals surface area contributed by atoms with Gasteiger partial charge in [-0.2, -0.15) is 0 Å². The summed E-state index contributed by atoms with van der Waals surface area (Å²) in [5.74, 6) is 0.683. The smallest absolute Gasteiger partial charge is 0.0379 e. The predicted octanol–water partition coefficient (Wildman–Crippen LogP) is 2.26. The van der Waals surface area contributed by atoms with Crippen molar-refractivity contribution in [3.63, 3.8) is 0 Å². The second kappa shape index (κ2) is 3.53. The van der Waals surface area contributed by atoms with Crippen LogP contribution in [0.1, 0.15) is 29.9 Å². The molecule has 2 nitrogen and oxygen atoms in total. The van der Waals surface area contributed by atoms with E-state index in [1.165, 1.54) is 36.2 Å². The molecule has 2 unspecified atom stereocenters. The van der Waals surface area contributed by atoms with Crippen LogP contribution in [0.3, 0.4) is 0 Å². The Morgan fingerprint density at radius 1 is 1.33 bits per heavy atom. The molecule has 0 bridgehead atoms. The van der Waals surface area contributed by atoms with Gasteiger partial charge in [0.05, 0.1) is 0 Å². The Labute approximate surface area is 91.1 Å². The van der Waals surface area contributed by atoms with Gasteiger partial charge in [-0.1, -0.05) is 17.7 Å². The van der Waals surface area contributed by atoms with Crippen LogP contribution in [-0.4, -0.2) is 19.1 Å².